The van der Waals surface area contributed by atoms with Gasteiger partial charge in [0.15, 0.2) is 0 Å². The maximum Gasteiger partial charge on any atom is 0.410 e. The number of carbonyl (C=O) groups is 3. The van der Waals surface area contributed by atoms with E-state index >= 15 is 0 Å². The molecule has 1 heterocycles. The van der Waals surface area contributed by atoms with Gasteiger partial charge >= 0.3 is 6.09 Å². The Hall–Kier alpha value is -3.03. The van der Waals surface area contributed by atoms with E-state index in [9.17, 15) is 19.5 Å². The molecule has 0 radical (unpaired) electrons. The predicted octanol–water partition coefficient (Wildman–Crippen LogP) is 3.18. The summed E-state index contributed by atoms with van der Waals surface area (Å²) in [4.78, 5) is 38.9. The molecule has 1 aromatic rings. The van der Waals surface area contributed by atoms with E-state index in [1.165, 1.54) is 18.2 Å². The average Bonchev–Trinajstić information content (AvgIpc) is 3.19. The second-order valence-corrected chi connectivity index (χ2v) is 8.87. The van der Waals surface area contributed by atoms with Gasteiger partial charge in [0.2, 0.25) is 5.91 Å². The van der Waals surface area contributed by atoms with Crippen molar-refractivity contribution in [1.29, 1.82) is 0 Å². The number of nitrogens with zero attached hydrogens (tertiary/aromatic N) is 1. The van der Waals surface area contributed by atoms with Crippen LogP contribution in [-0.2, 0) is 9.53 Å². The molecule has 3 amide bonds. The molecule has 2 atom stereocenters. The Balaban J connectivity index is 1.78. The van der Waals surface area contributed by atoms with Crippen LogP contribution in [-0.4, -0.2) is 51.6 Å². The highest BCUT2D eigenvalue weighted by Crippen LogP contribution is 2.42. The minimum absolute atomic E-state index is 0.0626. The Morgan fingerprint density at radius 1 is 1.30 bits per heavy atom. The summed E-state index contributed by atoms with van der Waals surface area (Å²) in [6.45, 7) is 9.37. The first-order valence-corrected chi connectivity index (χ1v) is 10.1. The van der Waals surface area contributed by atoms with Gasteiger partial charge in [-0.05, 0) is 70.7 Å². The lowest BCUT2D eigenvalue weighted by atomic mass is 9.92. The minimum atomic E-state index is -0.591. The zero-order valence-electron chi connectivity index (χ0n) is 17.7. The van der Waals surface area contributed by atoms with Crippen LogP contribution in [0.15, 0.2) is 30.9 Å². The predicted molar refractivity (Wildman–Crippen MR) is 112 cm³/mol. The van der Waals surface area contributed by atoms with E-state index in [1.54, 1.807) is 4.90 Å². The van der Waals surface area contributed by atoms with Gasteiger partial charge in [-0.15, -0.1) is 0 Å². The van der Waals surface area contributed by atoms with Crippen LogP contribution >= 0.6 is 0 Å². The smallest absolute Gasteiger partial charge is 0.410 e. The molecule has 8 nitrogen and oxygen atoms in total. The summed E-state index contributed by atoms with van der Waals surface area (Å²) < 4.78 is 5.53. The summed E-state index contributed by atoms with van der Waals surface area (Å²) in [7, 11) is 0. The molecule has 2 unspecified atom stereocenters. The molecular formula is C22H29N3O5. The van der Waals surface area contributed by atoms with Crippen molar-refractivity contribution < 1.29 is 24.2 Å². The Labute approximate surface area is 176 Å². The third kappa shape index (κ3) is 4.42. The van der Waals surface area contributed by atoms with Gasteiger partial charge in [0.05, 0.1) is 17.1 Å². The van der Waals surface area contributed by atoms with Gasteiger partial charge < -0.3 is 25.4 Å². The highest BCUT2D eigenvalue weighted by molar-refractivity contribution is 6.02. The largest absolute Gasteiger partial charge is 0.507 e. The number of phenols is 1. The molecule has 1 saturated heterocycles. The summed E-state index contributed by atoms with van der Waals surface area (Å²) in [6, 6.07) is 4.14. The summed E-state index contributed by atoms with van der Waals surface area (Å²) in [5, 5.41) is 15.8. The standard InChI is InChI=1S/C22H29N3O5/c1-5-18(27)23-14-8-9-16(26)15(13-14)19(28)24-22-10-6-7-17(22)25(12-11-22)20(29)30-21(2,3)4/h5,8-9,13,17,26H,1,6-7,10-12H2,2-4H3,(H,23,27)(H,24,28). The average molecular weight is 415 g/mol. The van der Waals surface area contributed by atoms with Gasteiger partial charge in [-0.1, -0.05) is 6.58 Å². The molecule has 0 bridgehead atoms. The SMILES string of the molecule is C=CC(=O)Nc1ccc(O)c(C(=O)NC23CCCC2N(C(=O)OC(C)(C)C)CC3)c1. The normalized spacial score (nSPS) is 22.9. The number of ether oxygens (including phenoxy) is 1. The minimum Gasteiger partial charge on any atom is -0.507 e. The number of fused-ring (bicyclic) bond motifs is 1. The van der Waals surface area contributed by atoms with Crippen molar-refractivity contribution in [2.45, 2.75) is 63.6 Å². The van der Waals surface area contributed by atoms with Crippen LogP contribution in [0.25, 0.3) is 0 Å². The van der Waals surface area contributed by atoms with Crippen LogP contribution in [0.3, 0.4) is 0 Å². The molecule has 1 aromatic carbocycles. The number of hydrogen-bond acceptors (Lipinski definition) is 5. The van der Waals surface area contributed by atoms with Crippen molar-refractivity contribution in [2.24, 2.45) is 0 Å². The number of carbonyl (C=O) groups excluding carboxylic acids is 3. The first-order chi connectivity index (χ1) is 14.0. The third-order valence-electron chi connectivity index (χ3n) is 5.60. The highest BCUT2D eigenvalue weighted by Gasteiger charge is 2.53. The number of nitrogens with one attached hydrogen (secondary N) is 2. The molecule has 0 aromatic heterocycles. The van der Waals surface area contributed by atoms with E-state index in [0.717, 1.165) is 25.3 Å². The molecule has 1 aliphatic carbocycles. The summed E-state index contributed by atoms with van der Waals surface area (Å²) in [5.41, 5.74) is -0.703. The number of benzene rings is 1. The molecule has 2 aliphatic rings. The van der Waals surface area contributed by atoms with Gasteiger partial charge in [-0.25, -0.2) is 4.79 Å². The highest BCUT2D eigenvalue weighted by atomic mass is 16.6. The number of rotatable bonds is 4. The maximum absolute atomic E-state index is 13.0. The van der Waals surface area contributed by atoms with Crippen LogP contribution in [0, 0.1) is 0 Å². The van der Waals surface area contributed by atoms with E-state index < -0.39 is 23.0 Å². The van der Waals surface area contributed by atoms with E-state index in [1.807, 2.05) is 20.8 Å². The van der Waals surface area contributed by atoms with Crippen LogP contribution in [0.4, 0.5) is 10.5 Å². The number of likely N-dealkylation sites (tertiary alicyclic amines) is 1. The van der Waals surface area contributed by atoms with Crippen LogP contribution < -0.4 is 10.6 Å². The molecule has 8 heteroatoms. The number of amides is 3. The number of aromatic hydroxyl groups is 1. The van der Waals surface area contributed by atoms with Gasteiger partial charge in [0, 0.05) is 12.2 Å². The summed E-state index contributed by atoms with van der Waals surface area (Å²) >= 11 is 0. The van der Waals surface area contributed by atoms with Gasteiger partial charge in [0.1, 0.15) is 11.4 Å². The zero-order chi connectivity index (χ0) is 22.1. The third-order valence-corrected chi connectivity index (χ3v) is 5.60. The Morgan fingerprint density at radius 2 is 2.03 bits per heavy atom. The topological polar surface area (TPSA) is 108 Å². The van der Waals surface area contributed by atoms with E-state index in [4.69, 9.17) is 4.74 Å². The molecule has 30 heavy (non-hydrogen) atoms. The number of phenolic OH excluding ortho intramolecular Hbond substituents is 1. The fourth-order valence-corrected chi connectivity index (χ4v) is 4.31. The molecule has 2 fully saturated rings. The van der Waals surface area contributed by atoms with Crippen molar-refractivity contribution in [1.82, 2.24) is 10.2 Å². The van der Waals surface area contributed by atoms with E-state index in [0.29, 0.717) is 18.7 Å². The fraction of sp³-hybridized carbons (Fsp3) is 0.500. The molecule has 162 valence electrons. The van der Waals surface area contributed by atoms with Crippen LogP contribution in [0.2, 0.25) is 0 Å². The first kappa shape index (κ1) is 21.7. The molecule has 3 N–H and O–H groups in total. The Kier molecular flexibility index (Phi) is 5.78. The Morgan fingerprint density at radius 3 is 2.70 bits per heavy atom. The fourth-order valence-electron chi connectivity index (χ4n) is 4.31. The van der Waals surface area contributed by atoms with Crippen molar-refractivity contribution in [2.75, 3.05) is 11.9 Å². The molecule has 1 aliphatic heterocycles. The number of anilines is 1. The van der Waals surface area contributed by atoms with Crippen molar-refractivity contribution in [3.05, 3.63) is 36.4 Å². The lowest BCUT2D eigenvalue weighted by Crippen LogP contribution is -2.54. The number of hydrogen-bond donors (Lipinski definition) is 3. The lowest BCUT2D eigenvalue weighted by Gasteiger charge is -2.34. The summed E-state index contributed by atoms with van der Waals surface area (Å²) in [5.74, 6) is -1.04. The lowest BCUT2D eigenvalue weighted by molar-refractivity contribution is -0.111. The van der Waals surface area contributed by atoms with Crippen molar-refractivity contribution in [3.63, 3.8) is 0 Å². The quantitative estimate of drug-likeness (QED) is 0.517. The monoisotopic (exact) mass is 415 g/mol. The molecular weight excluding hydrogens is 386 g/mol. The second kappa shape index (κ2) is 8.01. The van der Waals surface area contributed by atoms with Gasteiger partial charge in [-0.2, -0.15) is 0 Å². The maximum atomic E-state index is 13.0. The van der Waals surface area contributed by atoms with E-state index in [2.05, 4.69) is 17.2 Å². The first-order valence-electron chi connectivity index (χ1n) is 10.1. The Bertz CT molecular complexity index is 876. The van der Waals surface area contributed by atoms with Crippen molar-refractivity contribution >= 4 is 23.6 Å². The van der Waals surface area contributed by atoms with E-state index in [-0.39, 0.29) is 23.4 Å². The molecule has 0 spiro atoms. The van der Waals surface area contributed by atoms with Gasteiger partial charge in [-0.3, -0.25) is 9.59 Å². The molecule has 3 rings (SSSR count). The second-order valence-electron chi connectivity index (χ2n) is 8.87. The van der Waals surface area contributed by atoms with Crippen LogP contribution in [0.5, 0.6) is 5.75 Å². The zero-order valence-corrected chi connectivity index (χ0v) is 17.7. The van der Waals surface area contributed by atoms with Gasteiger partial charge in [0.25, 0.3) is 5.91 Å². The molecule has 1 saturated carbocycles. The van der Waals surface area contributed by atoms with Crippen molar-refractivity contribution in [3.8, 4) is 5.75 Å². The van der Waals surface area contributed by atoms with Crippen LogP contribution in [0.1, 0.15) is 56.8 Å². The summed E-state index contributed by atoms with van der Waals surface area (Å²) in [6.07, 6.45) is 3.78.